The number of aromatic amines is 1. The molecule has 3 N–H and O–H groups in total. The van der Waals surface area contributed by atoms with Crippen LogP contribution in [0.15, 0.2) is 47.3 Å². The minimum absolute atomic E-state index is 0.0600. The number of H-pyrrole nitrogens is 1. The fourth-order valence-electron chi connectivity index (χ4n) is 2.79. The highest BCUT2D eigenvalue weighted by Gasteiger charge is 2.19. The number of carbonyl (C=O) groups is 1. The van der Waals surface area contributed by atoms with Gasteiger partial charge < -0.3 is 15.4 Å². The summed E-state index contributed by atoms with van der Waals surface area (Å²) in [6, 6.07) is 10.1. The van der Waals surface area contributed by atoms with Crippen LogP contribution in [-0.4, -0.2) is 16.0 Å². The zero-order valence-corrected chi connectivity index (χ0v) is 14.7. The lowest BCUT2D eigenvalue weighted by molar-refractivity contribution is 0.102. The lowest BCUT2D eigenvalue weighted by Gasteiger charge is -2.20. The molecule has 1 heterocycles. The third kappa shape index (κ3) is 3.44. The molecule has 0 aliphatic carbocycles. The molecule has 0 radical (unpaired) electrons. The molecule has 26 heavy (non-hydrogen) atoms. The number of fused-ring (bicyclic) bond motifs is 1. The van der Waals surface area contributed by atoms with Crippen molar-refractivity contribution in [3.63, 3.8) is 0 Å². The number of halogens is 1. The summed E-state index contributed by atoms with van der Waals surface area (Å²) in [4.78, 5) is 27.2. The maximum absolute atomic E-state index is 13.4. The SMILES string of the molecule is CC(C)(C)c1ccc(NC(=O)c2cc3cc(F)ccc3[nH]c2=O)cc1O. The minimum atomic E-state index is -0.639. The molecule has 3 aromatic rings. The van der Waals surface area contributed by atoms with Crippen LogP contribution >= 0.6 is 0 Å². The van der Waals surface area contributed by atoms with Crippen LogP contribution in [0.3, 0.4) is 0 Å². The Labute approximate surface area is 149 Å². The van der Waals surface area contributed by atoms with E-state index in [1.807, 2.05) is 20.8 Å². The van der Waals surface area contributed by atoms with Crippen LogP contribution < -0.4 is 10.9 Å². The maximum atomic E-state index is 13.4. The van der Waals surface area contributed by atoms with Gasteiger partial charge in [0.2, 0.25) is 0 Å². The molecule has 2 aromatic carbocycles. The molecular formula is C20H19FN2O3. The number of hydrogen-bond donors (Lipinski definition) is 3. The summed E-state index contributed by atoms with van der Waals surface area (Å²) < 4.78 is 13.4. The first kappa shape index (κ1) is 17.7. The van der Waals surface area contributed by atoms with E-state index in [-0.39, 0.29) is 16.7 Å². The molecular weight excluding hydrogens is 335 g/mol. The molecule has 0 aliphatic heterocycles. The Kier molecular flexibility index (Phi) is 4.28. The quantitative estimate of drug-likeness (QED) is 0.652. The molecule has 1 aromatic heterocycles. The molecule has 0 aliphatic rings. The highest BCUT2D eigenvalue weighted by molar-refractivity contribution is 6.05. The summed E-state index contributed by atoms with van der Waals surface area (Å²) in [7, 11) is 0. The number of aromatic hydroxyl groups is 1. The van der Waals surface area contributed by atoms with Gasteiger partial charge in [0, 0.05) is 22.7 Å². The fraction of sp³-hybridized carbons (Fsp3) is 0.200. The van der Waals surface area contributed by atoms with Gasteiger partial charge in [0.25, 0.3) is 11.5 Å². The number of nitrogens with one attached hydrogen (secondary N) is 2. The van der Waals surface area contributed by atoms with E-state index in [2.05, 4.69) is 10.3 Å². The van der Waals surface area contributed by atoms with Gasteiger partial charge in [0.05, 0.1) is 0 Å². The summed E-state index contributed by atoms with van der Waals surface area (Å²) >= 11 is 0. The minimum Gasteiger partial charge on any atom is -0.508 e. The molecule has 5 nitrogen and oxygen atoms in total. The van der Waals surface area contributed by atoms with Gasteiger partial charge in [-0.05, 0) is 41.3 Å². The topological polar surface area (TPSA) is 82.2 Å². The van der Waals surface area contributed by atoms with Gasteiger partial charge in [-0.1, -0.05) is 26.8 Å². The number of phenolic OH excluding ortho intramolecular Hbond substituents is 1. The lowest BCUT2D eigenvalue weighted by atomic mass is 9.86. The molecule has 0 saturated carbocycles. The zero-order valence-electron chi connectivity index (χ0n) is 14.7. The standard InChI is InChI=1S/C20H19FN2O3/c1-20(2,3)15-6-5-13(10-17(15)24)22-18(25)14-9-11-8-12(21)4-7-16(11)23-19(14)26/h4-10,24H,1-3H3,(H,22,25)(H,23,26). The molecule has 1 amide bonds. The van der Waals surface area contributed by atoms with Crippen LogP contribution in [0.25, 0.3) is 10.9 Å². The second-order valence-corrected chi connectivity index (χ2v) is 7.18. The Morgan fingerprint density at radius 3 is 2.50 bits per heavy atom. The van der Waals surface area contributed by atoms with Crippen molar-refractivity contribution in [3.05, 3.63) is 69.8 Å². The Hall–Kier alpha value is -3.15. The van der Waals surface area contributed by atoms with Crippen molar-refractivity contribution >= 4 is 22.5 Å². The molecule has 0 saturated heterocycles. The summed E-state index contributed by atoms with van der Waals surface area (Å²) in [5, 5.41) is 13.2. The van der Waals surface area contributed by atoms with Gasteiger partial charge >= 0.3 is 0 Å². The van der Waals surface area contributed by atoms with Crippen molar-refractivity contribution in [3.8, 4) is 5.75 Å². The van der Waals surface area contributed by atoms with Gasteiger partial charge in [-0.15, -0.1) is 0 Å². The molecule has 6 heteroatoms. The number of benzene rings is 2. The summed E-state index contributed by atoms with van der Waals surface area (Å²) in [6.45, 7) is 5.90. The Morgan fingerprint density at radius 1 is 1.12 bits per heavy atom. The lowest BCUT2D eigenvalue weighted by Crippen LogP contribution is -2.23. The van der Waals surface area contributed by atoms with Gasteiger partial charge in [0.1, 0.15) is 17.1 Å². The molecule has 0 atom stereocenters. The second-order valence-electron chi connectivity index (χ2n) is 7.18. The van der Waals surface area contributed by atoms with E-state index in [9.17, 15) is 19.1 Å². The highest BCUT2D eigenvalue weighted by Crippen LogP contribution is 2.32. The first-order chi connectivity index (χ1) is 12.1. The smallest absolute Gasteiger partial charge is 0.261 e. The van der Waals surface area contributed by atoms with E-state index in [1.54, 1.807) is 12.1 Å². The van der Waals surface area contributed by atoms with Gasteiger partial charge in [0.15, 0.2) is 0 Å². The molecule has 0 spiro atoms. The van der Waals surface area contributed by atoms with Crippen molar-refractivity contribution in [1.82, 2.24) is 4.98 Å². The van der Waals surface area contributed by atoms with Crippen LogP contribution in [0, 0.1) is 5.82 Å². The van der Waals surface area contributed by atoms with Gasteiger partial charge in [-0.25, -0.2) is 4.39 Å². The van der Waals surface area contributed by atoms with Crippen molar-refractivity contribution in [2.75, 3.05) is 5.32 Å². The third-order valence-corrected chi connectivity index (χ3v) is 4.11. The number of carbonyl (C=O) groups excluding carboxylic acids is 1. The molecule has 0 fully saturated rings. The Bertz CT molecular complexity index is 1060. The summed E-state index contributed by atoms with van der Waals surface area (Å²) in [5.74, 6) is -1.04. The Morgan fingerprint density at radius 2 is 1.85 bits per heavy atom. The van der Waals surface area contributed by atoms with Crippen molar-refractivity contribution in [2.45, 2.75) is 26.2 Å². The Balaban J connectivity index is 1.93. The van der Waals surface area contributed by atoms with E-state index in [1.165, 1.54) is 30.3 Å². The molecule has 134 valence electrons. The fourth-order valence-corrected chi connectivity index (χ4v) is 2.79. The molecule has 3 rings (SSSR count). The number of aromatic nitrogens is 1. The average Bonchev–Trinajstić information content (AvgIpc) is 2.53. The first-order valence-electron chi connectivity index (χ1n) is 8.12. The second kappa shape index (κ2) is 6.29. The number of amides is 1. The molecule has 0 bridgehead atoms. The zero-order chi connectivity index (χ0) is 19.1. The summed E-state index contributed by atoms with van der Waals surface area (Å²) in [5.41, 5.74) is 0.597. The van der Waals surface area contributed by atoms with E-state index in [0.717, 1.165) is 5.56 Å². The number of pyridine rings is 1. The van der Waals surface area contributed by atoms with E-state index >= 15 is 0 Å². The van der Waals surface area contributed by atoms with Gasteiger partial charge in [-0.2, -0.15) is 0 Å². The summed E-state index contributed by atoms with van der Waals surface area (Å²) in [6.07, 6.45) is 0. The van der Waals surface area contributed by atoms with Crippen LogP contribution in [0.5, 0.6) is 5.75 Å². The third-order valence-electron chi connectivity index (χ3n) is 4.11. The van der Waals surface area contributed by atoms with E-state index < -0.39 is 17.3 Å². The van der Waals surface area contributed by atoms with Crippen LogP contribution in [0.4, 0.5) is 10.1 Å². The van der Waals surface area contributed by atoms with Crippen LogP contribution in [-0.2, 0) is 5.41 Å². The van der Waals surface area contributed by atoms with E-state index in [0.29, 0.717) is 16.6 Å². The van der Waals surface area contributed by atoms with Crippen LogP contribution in [0.1, 0.15) is 36.7 Å². The number of phenols is 1. The largest absolute Gasteiger partial charge is 0.508 e. The predicted octanol–water partition coefficient (Wildman–Crippen LogP) is 3.92. The number of hydrogen-bond acceptors (Lipinski definition) is 3. The first-order valence-corrected chi connectivity index (χ1v) is 8.12. The monoisotopic (exact) mass is 354 g/mol. The highest BCUT2D eigenvalue weighted by atomic mass is 19.1. The average molecular weight is 354 g/mol. The molecule has 0 unspecified atom stereocenters. The van der Waals surface area contributed by atoms with E-state index in [4.69, 9.17) is 0 Å². The number of rotatable bonds is 2. The van der Waals surface area contributed by atoms with Crippen LogP contribution in [0.2, 0.25) is 0 Å². The van der Waals surface area contributed by atoms with Crippen molar-refractivity contribution in [1.29, 1.82) is 0 Å². The van der Waals surface area contributed by atoms with Crippen molar-refractivity contribution < 1.29 is 14.3 Å². The van der Waals surface area contributed by atoms with Crippen molar-refractivity contribution in [2.24, 2.45) is 0 Å². The number of anilines is 1. The maximum Gasteiger partial charge on any atom is 0.261 e. The predicted molar refractivity (Wildman–Crippen MR) is 99.3 cm³/mol. The normalized spacial score (nSPS) is 11.5. The van der Waals surface area contributed by atoms with Gasteiger partial charge in [-0.3, -0.25) is 9.59 Å².